The number of benzene rings is 1. The van der Waals surface area contributed by atoms with E-state index in [2.05, 4.69) is 5.32 Å². The first-order chi connectivity index (χ1) is 8.11. The van der Waals surface area contributed by atoms with Gasteiger partial charge in [0.05, 0.1) is 13.0 Å². The third-order valence-electron chi connectivity index (χ3n) is 2.20. The van der Waals surface area contributed by atoms with E-state index >= 15 is 0 Å². The van der Waals surface area contributed by atoms with Crippen molar-refractivity contribution in [2.45, 2.75) is 26.5 Å². The summed E-state index contributed by atoms with van der Waals surface area (Å²) in [6.45, 7) is 2.39. The lowest BCUT2D eigenvalue weighted by Gasteiger charge is -2.06. The first-order valence-corrected chi connectivity index (χ1v) is 5.44. The van der Waals surface area contributed by atoms with Gasteiger partial charge in [-0.2, -0.15) is 0 Å². The van der Waals surface area contributed by atoms with Gasteiger partial charge in [0.25, 0.3) is 0 Å². The lowest BCUT2D eigenvalue weighted by atomic mass is 10.1. The quantitative estimate of drug-likeness (QED) is 0.759. The van der Waals surface area contributed by atoms with Crippen molar-refractivity contribution in [3.8, 4) is 0 Å². The number of hydrogen-bond donors (Lipinski definition) is 1. The van der Waals surface area contributed by atoms with Gasteiger partial charge in [0.1, 0.15) is 5.78 Å². The molecule has 0 unspecified atom stereocenters. The molecule has 0 saturated heterocycles. The molecule has 0 saturated carbocycles. The van der Waals surface area contributed by atoms with E-state index < -0.39 is 0 Å². The van der Waals surface area contributed by atoms with Crippen LogP contribution in [0.4, 0.5) is 0 Å². The Hall–Kier alpha value is -1.68. The Balaban J connectivity index is 2.48. The summed E-state index contributed by atoms with van der Waals surface area (Å²) in [6, 6.07) is 7.77. The van der Waals surface area contributed by atoms with Gasteiger partial charge in [0, 0.05) is 13.7 Å². The molecule has 0 fully saturated rings. The maximum absolute atomic E-state index is 11.3. The molecule has 1 aromatic carbocycles. The highest BCUT2D eigenvalue weighted by molar-refractivity contribution is 5.96. The molecule has 4 heteroatoms. The maximum atomic E-state index is 11.3. The lowest BCUT2D eigenvalue weighted by Crippen LogP contribution is -2.24. The van der Waals surface area contributed by atoms with E-state index in [4.69, 9.17) is 4.74 Å². The Kier molecular flexibility index (Phi) is 5.36. The molecule has 0 atom stereocenters. The van der Waals surface area contributed by atoms with Crippen LogP contribution in [0.2, 0.25) is 0 Å². The number of carbonyl (C=O) groups is 2. The second kappa shape index (κ2) is 6.81. The fraction of sp³-hybridized carbons (Fsp3) is 0.385. The minimum Gasteiger partial charge on any atom is -0.380 e. The van der Waals surface area contributed by atoms with Gasteiger partial charge < -0.3 is 10.1 Å². The lowest BCUT2D eigenvalue weighted by molar-refractivity contribution is -0.127. The minimum absolute atomic E-state index is 0.0578. The van der Waals surface area contributed by atoms with E-state index in [1.807, 2.05) is 24.3 Å². The average molecular weight is 235 g/mol. The Morgan fingerprint density at radius 2 is 2.00 bits per heavy atom. The third-order valence-corrected chi connectivity index (χ3v) is 2.20. The van der Waals surface area contributed by atoms with Crippen LogP contribution in [-0.2, 0) is 27.5 Å². The summed E-state index contributed by atoms with van der Waals surface area (Å²) in [6.07, 6.45) is -0.0578. The zero-order chi connectivity index (χ0) is 12.7. The van der Waals surface area contributed by atoms with Crippen LogP contribution in [0.3, 0.4) is 0 Å². The Bertz CT molecular complexity index is 401. The van der Waals surface area contributed by atoms with E-state index in [0.29, 0.717) is 13.2 Å². The topological polar surface area (TPSA) is 55.4 Å². The Morgan fingerprint density at radius 1 is 1.29 bits per heavy atom. The van der Waals surface area contributed by atoms with E-state index in [1.54, 1.807) is 7.11 Å². The molecule has 0 radical (unpaired) electrons. The maximum Gasteiger partial charge on any atom is 0.227 e. The van der Waals surface area contributed by atoms with Crippen molar-refractivity contribution < 1.29 is 14.3 Å². The summed E-state index contributed by atoms with van der Waals surface area (Å²) in [5.41, 5.74) is 2.06. The summed E-state index contributed by atoms with van der Waals surface area (Å²) in [4.78, 5) is 22.0. The molecular weight excluding hydrogens is 218 g/mol. The number of Topliss-reactive ketones (excluding diaryl/α,β-unsaturated/α-hetero) is 1. The van der Waals surface area contributed by atoms with Gasteiger partial charge >= 0.3 is 0 Å². The predicted molar refractivity (Wildman–Crippen MR) is 64.3 cm³/mol. The normalized spacial score (nSPS) is 10.0. The molecule has 0 aliphatic heterocycles. The molecule has 92 valence electrons. The SMILES string of the molecule is COCc1cccc(CNC(=O)CC(C)=O)c1. The van der Waals surface area contributed by atoms with E-state index in [0.717, 1.165) is 11.1 Å². The predicted octanol–water partition coefficient (Wildman–Crippen LogP) is 1.43. The highest BCUT2D eigenvalue weighted by Gasteiger charge is 2.04. The number of ketones is 1. The van der Waals surface area contributed by atoms with Crippen molar-refractivity contribution in [3.05, 3.63) is 35.4 Å². The summed E-state index contributed by atoms with van der Waals surface area (Å²) in [5, 5.41) is 2.70. The van der Waals surface area contributed by atoms with Crippen LogP contribution in [0, 0.1) is 0 Å². The second-order valence-corrected chi connectivity index (χ2v) is 3.91. The van der Waals surface area contributed by atoms with Crippen molar-refractivity contribution in [2.75, 3.05) is 7.11 Å². The van der Waals surface area contributed by atoms with E-state index in [1.165, 1.54) is 6.92 Å². The molecule has 17 heavy (non-hydrogen) atoms. The molecule has 1 rings (SSSR count). The zero-order valence-electron chi connectivity index (χ0n) is 10.2. The summed E-state index contributed by atoms with van der Waals surface area (Å²) >= 11 is 0. The van der Waals surface area contributed by atoms with Crippen LogP contribution in [0.15, 0.2) is 24.3 Å². The van der Waals surface area contributed by atoms with Crippen molar-refractivity contribution in [1.29, 1.82) is 0 Å². The molecule has 4 nitrogen and oxygen atoms in total. The molecule has 0 aliphatic carbocycles. The smallest absolute Gasteiger partial charge is 0.227 e. The van der Waals surface area contributed by atoms with Gasteiger partial charge in [-0.15, -0.1) is 0 Å². The minimum atomic E-state index is -0.241. The zero-order valence-corrected chi connectivity index (χ0v) is 10.2. The molecule has 0 aromatic heterocycles. The largest absolute Gasteiger partial charge is 0.380 e. The number of hydrogen-bond acceptors (Lipinski definition) is 3. The van der Waals surface area contributed by atoms with Crippen LogP contribution < -0.4 is 5.32 Å². The van der Waals surface area contributed by atoms with Gasteiger partial charge in [-0.3, -0.25) is 9.59 Å². The first-order valence-electron chi connectivity index (χ1n) is 5.44. The van der Waals surface area contributed by atoms with Gasteiger partial charge in [-0.25, -0.2) is 0 Å². The highest BCUT2D eigenvalue weighted by atomic mass is 16.5. The van der Waals surface area contributed by atoms with Crippen molar-refractivity contribution in [2.24, 2.45) is 0 Å². The van der Waals surface area contributed by atoms with Gasteiger partial charge in [0.15, 0.2) is 0 Å². The number of methoxy groups -OCH3 is 1. The average Bonchev–Trinajstić information content (AvgIpc) is 2.26. The Morgan fingerprint density at radius 3 is 2.65 bits per heavy atom. The van der Waals surface area contributed by atoms with Gasteiger partial charge in [0.2, 0.25) is 5.91 Å². The molecule has 0 heterocycles. The summed E-state index contributed by atoms with van der Waals surface area (Å²) in [7, 11) is 1.64. The van der Waals surface area contributed by atoms with Crippen LogP contribution in [0.25, 0.3) is 0 Å². The monoisotopic (exact) mass is 235 g/mol. The fourth-order valence-corrected chi connectivity index (χ4v) is 1.49. The molecule has 0 aliphatic rings. The third kappa shape index (κ3) is 5.26. The number of nitrogens with one attached hydrogen (secondary N) is 1. The van der Waals surface area contributed by atoms with Crippen molar-refractivity contribution >= 4 is 11.7 Å². The number of amides is 1. The van der Waals surface area contributed by atoms with Crippen LogP contribution in [-0.4, -0.2) is 18.8 Å². The molecule has 1 N–H and O–H groups in total. The van der Waals surface area contributed by atoms with Crippen molar-refractivity contribution in [3.63, 3.8) is 0 Å². The van der Waals surface area contributed by atoms with Crippen LogP contribution >= 0.6 is 0 Å². The number of ether oxygens (including phenoxy) is 1. The van der Waals surface area contributed by atoms with Gasteiger partial charge in [-0.05, 0) is 18.1 Å². The summed E-state index contributed by atoms with van der Waals surface area (Å²) < 4.78 is 5.03. The number of carbonyl (C=O) groups excluding carboxylic acids is 2. The second-order valence-electron chi connectivity index (χ2n) is 3.91. The molecular formula is C13H17NO3. The standard InChI is InChI=1S/C13H17NO3/c1-10(15)6-13(16)14-8-11-4-3-5-12(7-11)9-17-2/h3-5,7H,6,8-9H2,1-2H3,(H,14,16). The Labute approximate surface area is 101 Å². The molecule has 1 aromatic rings. The molecule has 0 spiro atoms. The highest BCUT2D eigenvalue weighted by Crippen LogP contribution is 2.06. The van der Waals surface area contributed by atoms with Crippen LogP contribution in [0.5, 0.6) is 0 Å². The fourth-order valence-electron chi connectivity index (χ4n) is 1.49. The molecule has 1 amide bonds. The van der Waals surface area contributed by atoms with Crippen LogP contribution in [0.1, 0.15) is 24.5 Å². The summed E-state index contributed by atoms with van der Waals surface area (Å²) in [5.74, 6) is -0.370. The molecule has 0 bridgehead atoms. The van der Waals surface area contributed by atoms with E-state index in [-0.39, 0.29) is 18.1 Å². The van der Waals surface area contributed by atoms with Crippen molar-refractivity contribution in [1.82, 2.24) is 5.32 Å². The number of rotatable bonds is 6. The first kappa shape index (κ1) is 13.4. The van der Waals surface area contributed by atoms with Gasteiger partial charge in [-0.1, -0.05) is 24.3 Å². The van der Waals surface area contributed by atoms with E-state index in [9.17, 15) is 9.59 Å².